The lowest BCUT2D eigenvalue weighted by molar-refractivity contribution is -0.118. The Labute approximate surface area is 139 Å². The molecule has 1 aliphatic rings. The minimum absolute atomic E-state index is 0.115. The molecule has 0 aliphatic heterocycles. The number of ether oxygens (including phenoxy) is 1. The first kappa shape index (κ1) is 15.6. The summed E-state index contributed by atoms with van der Waals surface area (Å²) in [6.07, 6.45) is 1.56. The van der Waals surface area contributed by atoms with E-state index in [0.717, 1.165) is 18.4 Å². The van der Waals surface area contributed by atoms with Crippen molar-refractivity contribution in [3.63, 3.8) is 0 Å². The summed E-state index contributed by atoms with van der Waals surface area (Å²) in [5.74, 6) is -0.589. The fraction of sp³-hybridized carbons (Fsp3) is 0.222. The second kappa shape index (κ2) is 6.05. The average molecular weight is 330 g/mol. The molecule has 0 spiro atoms. The minimum atomic E-state index is -0.534. The van der Waals surface area contributed by atoms with Crippen LogP contribution >= 0.6 is 11.6 Å². The van der Waals surface area contributed by atoms with Crippen LogP contribution in [0.3, 0.4) is 0 Å². The summed E-state index contributed by atoms with van der Waals surface area (Å²) in [4.78, 5) is 24.5. The lowest BCUT2D eigenvalue weighted by Crippen LogP contribution is -2.28. The van der Waals surface area contributed by atoms with E-state index < -0.39 is 11.4 Å². The molecule has 118 valence electrons. The number of hydrogen-bond donors (Lipinski definition) is 1. The molecule has 0 aromatic heterocycles. The fourth-order valence-corrected chi connectivity index (χ4v) is 2.79. The summed E-state index contributed by atoms with van der Waals surface area (Å²) >= 11 is 5.91. The SMILES string of the molecule is COC(=O)c1ccccc1NC(=O)C1(c2ccc(Cl)cc2)CC1. The van der Waals surface area contributed by atoms with Gasteiger partial charge in [0, 0.05) is 5.02 Å². The highest BCUT2D eigenvalue weighted by atomic mass is 35.5. The van der Waals surface area contributed by atoms with Gasteiger partial charge >= 0.3 is 5.97 Å². The number of halogens is 1. The van der Waals surface area contributed by atoms with Crippen LogP contribution in [0, 0.1) is 0 Å². The maximum Gasteiger partial charge on any atom is 0.339 e. The van der Waals surface area contributed by atoms with Crippen molar-refractivity contribution in [3.8, 4) is 0 Å². The maximum absolute atomic E-state index is 12.7. The van der Waals surface area contributed by atoms with Crippen LogP contribution in [0.25, 0.3) is 0 Å². The zero-order chi connectivity index (χ0) is 16.4. The third-order valence-corrected chi connectivity index (χ3v) is 4.41. The molecule has 0 saturated heterocycles. The molecule has 3 rings (SSSR count). The van der Waals surface area contributed by atoms with E-state index in [0.29, 0.717) is 16.3 Å². The Morgan fingerprint density at radius 2 is 1.74 bits per heavy atom. The monoisotopic (exact) mass is 329 g/mol. The van der Waals surface area contributed by atoms with Gasteiger partial charge in [-0.1, -0.05) is 35.9 Å². The van der Waals surface area contributed by atoms with Crippen molar-refractivity contribution in [2.24, 2.45) is 0 Å². The Bertz CT molecular complexity index is 751. The number of esters is 1. The van der Waals surface area contributed by atoms with Crippen LogP contribution < -0.4 is 5.32 Å². The number of anilines is 1. The molecule has 0 bridgehead atoms. The number of amides is 1. The fourth-order valence-electron chi connectivity index (χ4n) is 2.66. The third kappa shape index (κ3) is 2.94. The lowest BCUT2D eigenvalue weighted by Gasteiger charge is -2.17. The van der Waals surface area contributed by atoms with Gasteiger partial charge in [-0.25, -0.2) is 4.79 Å². The largest absolute Gasteiger partial charge is 0.465 e. The average Bonchev–Trinajstić information content (AvgIpc) is 3.37. The highest BCUT2D eigenvalue weighted by Gasteiger charge is 2.51. The molecule has 1 aliphatic carbocycles. The first-order valence-electron chi connectivity index (χ1n) is 7.32. The molecule has 0 unspecified atom stereocenters. The smallest absolute Gasteiger partial charge is 0.339 e. The first-order chi connectivity index (χ1) is 11.1. The molecular formula is C18H16ClNO3. The molecule has 0 radical (unpaired) electrons. The minimum Gasteiger partial charge on any atom is -0.465 e. The number of hydrogen-bond acceptors (Lipinski definition) is 3. The Balaban J connectivity index is 1.85. The second-order valence-electron chi connectivity index (χ2n) is 5.58. The summed E-state index contributed by atoms with van der Waals surface area (Å²) in [6.45, 7) is 0. The van der Waals surface area contributed by atoms with Crippen molar-refractivity contribution in [2.45, 2.75) is 18.3 Å². The molecule has 1 amide bonds. The summed E-state index contributed by atoms with van der Waals surface area (Å²) in [6, 6.07) is 14.1. The van der Waals surface area contributed by atoms with E-state index in [2.05, 4.69) is 5.32 Å². The van der Waals surface area contributed by atoms with Crippen LogP contribution in [0.5, 0.6) is 0 Å². The normalized spacial score (nSPS) is 14.9. The zero-order valence-electron chi connectivity index (χ0n) is 12.6. The molecule has 1 N–H and O–H groups in total. The Morgan fingerprint density at radius 1 is 1.09 bits per heavy atom. The van der Waals surface area contributed by atoms with Crippen LogP contribution in [0.15, 0.2) is 48.5 Å². The molecule has 5 heteroatoms. The summed E-state index contributed by atoms with van der Waals surface area (Å²) in [7, 11) is 1.32. The van der Waals surface area contributed by atoms with Gasteiger partial charge in [-0.3, -0.25) is 4.79 Å². The van der Waals surface area contributed by atoms with E-state index in [1.165, 1.54) is 7.11 Å². The van der Waals surface area contributed by atoms with Crippen molar-refractivity contribution < 1.29 is 14.3 Å². The van der Waals surface area contributed by atoms with Gasteiger partial charge in [-0.15, -0.1) is 0 Å². The molecule has 1 fully saturated rings. The summed E-state index contributed by atoms with van der Waals surface area (Å²) in [5, 5.41) is 3.51. The molecule has 4 nitrogen and oxygen atoms in total. The van der Waals surface area contributed by atoms with Crippen molar-refractivity contribution in [3.05, 3.63) is 64.7 Å². The van der Waals surface area contributed by atoms with Gasteiger partial charge in [0.2, 0.25) is 5.91 Å². The van der Waals surface area contributed by atoms with Crippen LogP contribution in [0.4, 0.5) is 5.69 Å². The van der Waals surface area contributed by atoms with E-state index >= 15 is 0 Å². The quantitative estimate of drug-likeness (QED) is 0.868. The van der Waals surface area contributed by atoms with Crippen LogP contribution in [-0.2, 0) is 14.9 Å². The van der Waals surface area contributed by atoms with Crippen LogP contribution in [-0.4, -0.2) is 19.0 Å². The highest BCUT2D eigenvalue weighted by Crippen LogP contribution is 2.49. The van der Waals surface area contributed by atoms with Gasteiger partial charge in [0.15, 0.2) is 0 Å². The number of carbonyl (C=O) groups excluding carboxylic acids is 2. The Morgan fingerprint density at radius 3 is 2.35 bits per heavy atom. The van der Waals surface area contributed by atoms with Crippen LogP contribution in [0.2, 0.25) is 5.02 Å². The van der Waals surface area contributed by atoms with Gasteiger partial charge in [-0.05, 0) is 42.7 Å². The first-order valence-corrected chi connectivity index (χ1v) is 7.69. The second-order valence-corrected chi connectivity index (χ2v) is 6.02. The van der Waals surface area contributed by atoms with Gasteiger partial charge in [0.1, 0.15) is 0 Å². The number of rotatable bonds is 4. The molecule has 23 heavy (non-hydrogen) atoms. The Kier molecular flexibility index (Phi) is 4.09. The van der Waals surface area contributed by atoms with Crippen molar-refractivity contribution in [2.75, 3.05) is 12.4 Å². The number of nitrogens with one attached hydrogen (secondary N) is 1. The van der Waals surface area contributed by atoms with Gasteiger partial charge in [-0.2, -0.15) is 0 Å². The van der Waals surface area contributed by atoms with Crippen molar-refractivity contribution in [1.82, 2.24) is 0 Å². The number of carbonyl (C=O) groups is 2. The highest BCUT2D eigenvalue weighted by molar-refractivity contribution is 6.30. The molecular weight excluding hydrogens is 314 g/mol. The number of methoxy groups -OCH3 is 1. The molecule has 0 atom stereocenters. The zero-order valence-corrected chi connectivity index (χ0v) is 13.4. The third-order valence-electron chi connectivity index (χ3n) is 4.16. The van der Waals surface area contributed by atoms with Gasteiger partial charge < -0.3 is 10.1 Å². The molecule has 0 heterocycles. The predicted octanol–water partition coefficient (Wildman–Crippen LogP) is 3.80. The standard InChI is InChI=1S/C18H16ClNO3/c1-23-16(21)14-4-2-3-5-15(14)20-17(22)18(10-11-18)12-6-8-13(19)9-7-12/h2-9H,10-11H2,1H3,(H,20,22). The van der Waals surface area contributed by atoms with Gasteiger partial charge in [0.25, 0.3) is 0 Å². The van der Waals surface area contributed by atoms with E-state index in [-0.39, 0.29) is 5.91 Å². The van der Waals surface area contributed by atoms with Crippen LogP contribution in [0.1, 0.15) is 28.8 Å². The van der Waals surface area contributed by atoms with E-state index in [4.69, 9.17) is 16.3 Å². The molecule has 2 aromatic carbocycles. The van der Waals surface area contributed by atoms with Gasteiger partial charge in [0.05, 0.1) is 23.8 Å². The van der Waals surface area contributed by atoms with Crippen molar-refractivity contribution in [1.29, 1.82) is 0 Å². The topological polar surface area (TPSA) is 55.4 Å². The maximum atomic E-state index is 12.7. The summed E-state index contributed by atoms with van der Waals surface area (Å²) < 4.78 is 4.75. The molecule has 1 saturated carbocycles. The Hall–Kier alpha value is -2.33. The lowest BCUT2D eigenvalue weighted by atomic mass is 9.95. The van der Waals surface area contributed by atoms with E-state index in [1.807, 2.05) is 12.1 Å². The molecule has 2 aromatic rings. The number of benzene rings is 2. The van der Waals surface area contributed by atoms with E-state index in [1.54, 1.807) is 36.4 Å². The van der Waals surface area contributed by atoms with E-state index in [9.17, 15) is 9.59 Å². The predicted molar refractivity (Wildman–Crippen MR) is 88.8 cm³/mol. The summed E-state index contributed by atoms with van der Waals surface area (Å²) in [5.41, 5.74) is 1.21. The number of para-hydroxylation sites is 1. The van der Waals surface area contributed by atoms with Crippen molar-refractivity contribution >= 4 is 29.2 Å².